The molecule has 6 fully saturated rings. The number of esters is 1. The van der Waals surface area contributed by atoms with Crippen molar-refractivity contribution in [3.05, 3.63) is 23.3 Å². The van der Waals surface area contributed by atoms with E-state index in [-0.39, 0.29) is 86.1 Å². The molecular formula is C44H60O12. The van der Waals surface area contributed by atoms with Crippen LogP contribution >= 0.6 is 0 Å². The van der Waals surface area contributed by atoms with E-state index in [0.29, 0.717) is 38.5 Å². The van der Waals surface area contributed by atoms with Gasteiger partial charge in [0.2, 0.25) is 0 Å². The summed E-state index contributed by atoms with van der Waals surface area (Å²) in [6.45, 7) is 6.11. The maximum Gasteiger partial charge on any atom is 0.306 e. The number of aliphatic hydroxyl groups is 6. The minimum absolute atomic E-state index is 0.0677. The number of ether oxygens (including phenoxy) is 1. The third-order valence-electron chi connectivity index (χ3n) is 18.4. The van der Waals surface area contributed by atoms with E-state index in [9.17, 15) is 54.6 Å². The lowest BCUT2D eigenvalue weighted by Crippen LogP contribution is -2.64. The summed E-state index contributed by atoms with van der Waals surface area (Å²) in [5.41, 5.74) is -5.37. The summed E-state index contributed by atoms with van der Waals surface area (Å²) < 4.78 is 6.41. The van der Waals surface area contributed by atoms with Crippen molar-refractivity contribution < 1.29 is 59.3 Å². The van der Waals surface area contributed by atoms with Gasteiger partial charge in [0.1, 0.15) is 30.5 Å². The fraction of sp³-hybridized carbons (Fsp3) is 0.795. The number of ketones is 4. The molecule has 56 heavy (non-hydrogen) atoms. The third kappa shape index (κ3) is 5.14. The van der Waals surface area contributed by atoms with Gasteiger partial charge in [0.15, 0.2) is 23.1 Å². The lowest BCUT2D eigenvalue weighted by Gasteiger charge is -2.62. The second-order valence-corrected chi connectivity index (χ2v) is 20.1. The quantitative estimate of drug-likeness (QED) is 0.206. The lowest BCUT2D eigenvalue weighted by atomic mass is 9.43. The predicted molar refractivity (Wildman–Crippen MR) is 199 cm³/mol. The molecule has 0 aromatic carbocycles. The summed E-state index contributed by atoms with van der Waals surface area (Å²) in [4.78, 5) is 66.8. The molecule has 0 aliphatic heterocycles. The van der Waals surface area contributed by atoms with Crippen molar-refractivity contribution in [3.8, 4) is 0 Å². The van der Waals surface area contributed by atoms with E-state index >= 15 is 0 Å². The van der Waals surface area contributed by atoms with Gasteiger partial charge < -0.3 is 35.4 Å². The van der Waals surface area contributed by atoms with Gasteiger partial charge >= 0.3 is 5.97 Å². The van der Waals surface area contributed by atoms with E-state index in [1.165, 1.54) is 0 Å². The zero-order chi connectivity index (χ0) is 40.5. The molecule has 12 heteroatoms. The first-order valence-electron chi connectivity index (χ1n) is 21.0. The fourth-order valence-corrected chi connectivity index (χ4v) is 15.6. The molecule has 0 radical (unpaired) electrons. The molecule has 8 aliphatic carbocycles. The highest BCUT2D eigenvalue weighted by atomic mass is 16.5. The van der Waals surface area contributed by atoms with Crippen LogP contribution in [0.2, 0.25) is 0 Å². The average molecular weight is 781 g/mol. The zero-order valence-electron chi connectivity index (χ0n) is 33.2. The number of hydrogen-bond acceptors (Lipinski definition) is 12. The first-order chi connectivity index (χ1) is 26.2. The molecular weight excluding hydrogens is 720 g/mol. The van der Waals surface area contributed by atoms with Crippen LogP contribution in [0.3, 0.4) is 0 Å². The molecule has 6 N–H and O–H groups in total. The van der Waals surface area contributed by atoms with Crippen LogP contribution < -0.4 is 0 Å². The number of allylic oxidation sites excluding steroid dienone is 1. The monoisotopic (exact) mass is 780 g/mol. The smallest absolute Gasteiger partial charge is 0.306 e. The topological polar surface area (TPSA) is 216 Å². The molecule has 0 aromatic heterocycles. The highest BCUT2D eigenvalue weighted by Gasteiger charge is 2.71. The van der Waals surface area contributed by atoms with Gasteiger partial charge in [0.25, 0.3) is 0 Å². The van der Waals surface area contributed by atoms with Crippen molar-refractivity contribution in [1.29, 1.82) is 0 Å². The SMILES string of the molecule is C[C@]12C[C@H](O)[C@H]3[C@@H](CCC4=CC(=O)CC(CC(=O)OC5CC(=O)C=C6CC[C@@H]7[C@H]([C@@H](O)C[C@@]8(C)[C@H]7CC[C@]8(O)C(=O)CO)[C@]65C)[C@@]43C)[C@@H]1CC[C@]2(O)C(=O)CO. The highest BCUT2D eigenvalue weighted by Crippen LogP contribution is 2.70. The lowest BCUT2D eigenvalue weighted by molar-refractivity contribution is -0.199. The van der Waals surface area contributed by atoms with Gasteiger partial charge in [-0.25, -0.2) is 0 Å². The molecule has 0 heterocycles. The number of rotatable bonds is 7. The minimum Gasteiger partial charge on any atom is -0.461 e. The van der Waals surface area contributed by atoms with Crippen LogP contribution in [-0.2, 0) is 28.7 Å². The number of carbonyl (C=O) groups excluding carboxylic acids is 5. The van der Waals surface area contributed by atoms with Crippen molar-refractivity contribution >= 4 is 29.1 Å². The Morgan fingerprint density at radius 1 is 0.696 bits per heavy atom. The van der Waals surface area contributed by atoms with E-state index in [1.54, 1.807) is 12.2 Å². The van der Waals surface area contributed by atoms with E-state index < -0.39 is 93.8 Å². The first-order valence-corrected chi connectivity index (χ1v) is 21.0. The van der Waals surface area contributed by atoms with Crippen LogP contribution in [-0.4, -0.2) is 102 Å². The van der Waals surface area contributed by atoms with Crippen molar-refractivity contribution in [2.75, 3.05) is 13.2 Å². The van der Waals surface area contributed by atoms with Gasteiger partial charge in [-0.15, -0.1) is 0 Å². The maximum atomic E-state index is 14.4. The highest BCUT2D eigenvalue weighted by molar-refractivity contribution is 5.94. The molecule has 8 rings (SSSR count). The summed E-state index contributed by atoms with van der Waals surface area (Å²) in [5, 5.41) is 66.9. The molecule has 12 nitrogen and oxygen atoms in total. The van der Waals surface area contributed by atoms with E-state index in [4.69, 9.17) is 4.74 Å². The van der Waals surface area contributed by atoms with Gasteiger partial charge in [-0.1, -0.05) is 38.8 Å². The van der Waals surface area contributed by atoms with Crippen LogP contribution in [0.1, 0.15) is 111 Å². The minimum atomic E-state index is -1.76. The van der Waals surface area contributed by atoms with Gasteiger partial charge in [0, 0.05) is 41.4 Å². The van der Waals surface area contributed by atoms with Gasteiger partial charge in [0.05, 0.1) is 12.2 Å². The van der Waals surface area contributed by atoms with Crippen LogP contribution in [0.5, 0.6) is 0 Å². The molecule has 0 aromatic rings. The summed E-state index contributed by atoms with van der Waals surface area (Å²) in [6, 6.07) is 0. The van der Waals surface area contributed by atoms with Crippen LogP contribution in [0.25, 0.3) is 0 Å². The zero-order valence-corrected chi connectivity index (χ0v) is 33.2. The van der Waals surface area contributed by atoms with E-state index in [1.807, 2.05) is 27.7 Å². The Kier molecular flexibility index (Phi) is 9.47. The fourth-order valence-electron chi connectivity index (χ4n) is 15.6. The Balaban J connectivity index is 1.07. The molecule has 0 bridgehead atoms. The molecule has 6 saturated carbocycles. The van der Waals surface area contributed by atoms with E-state index in [0.717, 1.165) is 11.1 Å². The van der Waals surface area contributed by atoms with Crippen LogP contribution in [0.4, 0.5) is 0 Å². The number of hydrogen-bond donors (Lipinski definition) is 6. The van der Waals surface area contributed by atoms with Crippen molar-refractivity contribution in [1.82, 2.24) is 0 Å². The van der Waals surface area contributed by atoms with Gasteiger partial charge in [-0.2, -0.15) is 0 Å². The van der Waals surface area contributed by atoms with Crippen molar-refractivity contribution in [2.24, 2.45) is 63.1 Å². The average Bonchev–Trinajstić information content (AvgIpc) is 3.57. The number of aliphatic hydroxyl groups excluding tert-OH is 4. The van der Waals surface area contributed by atoms with Crippen molar-refractivity contribution in [2.45, 2.75) is 141 Å². The Morgan fingerprint density at radius 2 is 1.14 bits per heavy atom. The molecule has 0 amide bonds. The predicted octanol–water partition coefficient (Wildman–Crippen LogP) is 2.71. The summed E-state index contributed by atoms with van der Waals surface area (Å²) in [6.07, 6.45) is 4.52. The van der Waals surface area contributed by atoms with Crippen LogP contribution in [0, 0.1) is 63.1 Å². The maximum absolute atomic E-state index is 14.4. The van der Waals surface area contributed by atoms with Crippen molar-refractivity contribution in [3.63, 3.8) is 0 Å². The number of carbonyl (C=O) groups is 5. The molecule has 16 atom stereocenters. The standard InChI is InChI=1S/C44H60O12/c1-39-18-31(49)37-27(29(39)9-11-43(39,54)33(51)20-45)7-5-22-13-25(47)15-24(41(22,37)3)16-36(53)56-35-17-26(48)14-23-6-8-28-30-10-12-44(55,34(52)21-46)40(30,2)19-32(50)38(28)42(23,35)4/h13-14,24,27-32,35,37-38,45-46,49-50,54-55H,5-12,15-21H2,1-4H3/t24?,27-,28-,29-,30-,31-,32-,35?,37+,38+,39-,40-,41+,42+,43-,44-/m0/s1. The van der Waals surface area contributed by atoms with Gasteiger partial charge in [-0.3, -0.25) is 24.0 Å². The Labute approximate surface area is 328 Å². The van der Waals surface area contributed by atoms with Gasteiger partial charge in [-0.05, 0) is 117 Å². The van der Waals surface area contributed by atoms with Crippen LogP contribution in [0.15, 0.2) is 23.3 Å². The second kappa shape index (κ2) is 13.2. The Morgan fingerprint density at radius 3 is 1.62 bits per heavy atom. The Hall–Kier alpha value is -2.61. The van der Waals surface area contributed by atoms with E-state index in [2.05, 4.69) is 0 Å². The third-order valence-corrected chi connectivity index (χ3v) is 18.4. The summed E-state index contributed by atoms with van der Waals surface area (Å²) in [7, 11) is 0. The summed E-state index contributed by atoms with van der Waals surface area (Å²) >= 11 is 0. The molecule has 0 saturated heterocycles. The largest absolute Gasteiger partial charge is 0.461 e. The first kappa shape index (κ1) is 40.2. The summed E-state index contributed by atoms with van der Waals surface area (Å²) in [5.74, 6) is -3.88. The molecule has 0 spiro atoms. The number of fused-ring (bicyclic) bond motifs is 10. The molecule has 308 valence electrons. The normalized spacial score (nSPS) is 50.6. The Bertz CT molecular complexity index is 1680. The molecule has 2 unspecified atom stereocenters. The second-order valence-electron chi connectivity index (χ2n) is 20.1. The number of Topliss-reactive ketones (excluding diaryl/α,β-unsaturated/α-hetero) is 2. The molecule has 8 aliphatic rings.